The molecule has 1 rings (SSSR count). The van der Waals surface area contributed by atoms with Crippen molar-refractivity contribution in [3.8, 4) is 5.75 Å². The van der Waals surface area contributed by atoms with E-state index in [2.05, 4.69) is 60.5 Å². The molecule has 0 heterocycles. The number of aliphatic imine (C=N–C) groups is 1. The predicted octanol–water partition coefficient (Wildman–Crippen LogP) is 2.67. The van der Waals surface area contributed by atoms with Crippen LogP contribution in [0.5, 0.6) is 5.75 Å². The van der Waals surface area contributed by atoms with Gasteiger partial charge in [-0.15, -0.1) is 24.0 Å². The van der Waals surface area contributed by atoms with E-state index < -0.39 is 0 Å². The van der Waals surface area contributed by atoms with E-state index in [9.17, 15) is 0 Å². The number of methoxy groups -OCH3 is 1. The normalized spacial score (nSPS) is 11.2. The Morgan fingerprint density at radius 3 is 2.62 bits per heavy atom. The summed E-state index contributed by atoms with van der Waals surface area (Å²) < 4.78 is 5.43. The average Bonchev–Trinajstić information content (AvgIpc) is 2.54. The highest BCUT2D eigenvalue weighted by atomic mass is 127. The van der Waals surface area contributed by atoms with Crippen LogP contribution in [0.4, 0.5) is 0 Å². The van der Waals surface area contributed by atoms with Gasteiger partial charge in [0.05, 0.1) is 13.7 Å². The number of nitrogens with zero attached hydrogens (tertiary/aromatic N) is 2. The Balaban J connectivity index is 0.00000529. The SMILES string of the molecule is CCNC(=NCCN(C)CC)NCCc1cc(C)ccc1OC.I. The molecule has 0 fully saturated rings. The van der Waals surface area contributed by atoms with E-state index in [0.29, 0.717) is 0 Å². The Morgan fingerprint density at radius 1 is 1.25 bits per heavy atom. The van der Waals surface area contributed by atoms with Crippen LogP contribution in [0.15, 0.2) is 23.2 Å². The lowest BCUT2D eigenvalue weighted by molar-refractivity contribution is 0.363. The number of aryl methyl sites for hydroxylation is 1. The molecule has 138 valence electrons. The van der Waals surface area contributed by atoms with Crippen molar-refractivity contribution in [2.75, 3.05) is 46.9 Å². The molecule has 0 saturated carbocycles. The fourth-order valence-electron chi connectivity index (χ4n) is 2.25. The third-order valence-electron chi connectivity index (χ3n) is 3.76. The molecule has 1 aromatic carbocycles. The van der Waals surface area contributed by atoms with Crippen LogP contribution in [-0.2, 0) is 6.42 Å². The van der Waals surface area contributed by atoms with Gasteiger partial charge >= 0.3 is 0 Å². The van der Waals surface area contributed by atoms with E-state index >= 15 is 0 Å². The first kappa shape index (κ1) is 23.0. The predicted molar refractivity (Wildman–Crippen MR) is 114 cm³/mol. The molecule has 0 aliphatic heterocycles. The Labute approximate surface area is 164 Å². The molecule has 0 saturated heterocycles. The van der Waals surface area contributed by atoms with Crippen LogP contribution in [0.25, 0.3) is 0 Å². The lowest BCUT2D eigenvalue weighted by Crippen LogP contribution is -2.39. The summed E-state index contributed by atoms with van der Waals surface area (Å²) in [5.41, 5.74) is 2.48. The van der Waals surface area contributed by atoms with Gasteiger partial charge < -0.3 is 20.3 Å². The average molecular weight is 448 g/mol. The van der Waals surface area contributed by atoms with Gasteiger partial charge in [-0.2, -0.15) is 0 Å². The third kappa shape index (κ3) is 8.73. The molecule has 2 N–H and O–H groups in total. The molecule has 5 nitrogen and oxygen atoms in total. The largest absolute Gasteiger partial charge is 0.496 e. The second kappa shape index (κ2) is 13.3. The van der Waals surface area contributed by atoms with E-state index in [0.717, 1.165) is 50.9 Å². The molecule has 1 aromatic rings. The van der Waals surface area contributed by atoms with E-state index in [1.54, 1.807) is 7.11 Å². The van der Waals surface area contributed by atoms with Crippen molar-refractivity contribution in [3.05, 3.63) is 29.3 Å². The summed E-state index contributed by atoms with van der Waals surface area (Å²) in [7, 11) is 3.83. The van der Waals surface area contributed by atoms with E-state index in [1.807, 2.05) is 6.07 Å². The highest BCUT2D eigenvalue weighted by Gasteiger charge is 2.04. The lowest BCUT2D eigenvalue weighted by atomic mass is 10.1. The van der Waals surface area contributed by atoms with Gasteiger partial charge in [-0.3, -0.25) is 4.99 Å². The zero-order chi connectivity index (χ0) is 17.1. The summed E-state index contributed by atoms with van der Waals surface area (Å²) in [6.07, 6.45) is 0.907. The van der Waals surface area contributed by atoms with Crippen LogP contribution >= 0.6 is 24.0 Å². The number of rotatable bonds is 9. The molecule has 0 spiro atoms. The topological polar surface area (TPSA) is 48.9 Å². The fourth-order valence-corrected chi connectivity index (χ4v) is 2.25. The molecule has 6 heteroatoms. The van der Waals surface area contributed by atoms with Gasteiger partial charge in [0.1, 0.15) is 5.75 Å². The minimum absolute atomic E-state index is 0. The first-order valence-electron chi connectivity index (χ1n) is 8.44. The lowest BCUT2D eigenvalue weighted by Gasteiger charge is -2.15. The van der Waals surface area contributed by atoms with Gasteiger partial charge in [-0.05, 0) is 45.5 Å². The molecule has 0 aliphatic carbocycles. The van der Waals surface area contributed by atoms with Crippen molar-refractivity contribution in [1.29, 1.82) is 0 Å². The Morgan fingerprint density at radius 2 is 2.00 bits per heavy atom. The molecule has 0 radical (unpaired) electrons. The van der Waals surface area contributed by atoms with Crippen LogP contribution in [0.3, 0.4) is 0 Å². The zero-order valence-corrected chi connectivity index (χ0v) is 18.0. The number of nitrogens with one attached hydrogen (secondary N) is 2. The van der Waals surface area contributed by atoms with Gasteiger partial charge in [0.25, 0.3) is 0 Å². The molecule has 0 atom stereocenters. The maximum absolute atomic E-state index is 5.43. The minimum atomic E-state index is 0. The van der Waals surface area contributed by atoms with Crippen LogP contribution < -0.4 is 15.4 Å². The molecular weight excluding hydrogens is 415 g/mol. The number of likely N-dealkylation sites (N-methyl/N-ethyl adjacent to an activating group) is 1. The molecule has 24 heavy (non-hydrogen) atoms. The maximum Gasteiger partial charge on any atom is 0.191 e. The van der Waals surface area contributed by atoms with Gasteiger partial charge in [-0.1, -0.05) is 24.6 Å². The number of halogens is 1. The van der Waals surface area contributed by atoms with Crippen LogP contribution in [0.2, 0.25) is 0 Å². The standard InChI is InChI=1S/C18H32N4O.HI/c1-6-19-18(21-12-13-22(4)7-2)20-11-10-16-14-15(3)8-9-17(16)23-5;/h8-9,14H,6-7,10-13H2,1-5H3,(H2,19,20,21);1H. The van der Waals surface area contributed by atoms with Gasteiger partial charge in [0.15, 0.2) is 5.96 Å². The highest BCUT2D eigenvalue weighted by Crippen LogP contribution is 2.19. The first-order valence-corrected chi connectivity index (χ1v) is 8.44. The monoisotopic (exact) mass is 448 g/mol. The quantitative estimate of drug-likeness (QED) is 0.347. The molecule has 0 aliphatic rings. The minimum Gasteiger partial charge on any atom is -0.496 e. The van der Waals surface area contributed by atoms with Gasteiger partial charge in [0.2, 0.25) is 0 Å². The molecule has 0 amide bonds. The van der Waals surface area contributed by atoms with Crippen molar-refractivity contribution < 1.29 is 4.74 Å². The smallest absolute Gasteiger partial charge is 0.191 e. The number of hydrogen-bond acceptors (Lipinski definition) is 3. The van der Waals surface area contributed by atoms with Crippen molar-refractivity contribution in [2.45, 2.75) is 27.2 Å². The maximum atomic E-state index is 5.43. The number of benzene rings is 1. The Bertz CT molecular complexity index is 494. The summed E-state index contributed by atoms with van der Waals surface area (Å²) in [6.45, 7) is 10.9. The van der Waals surface area contributed by atoms with Crippen molar-refractivity contribution in [3.63, 3.8) is 0 Å². The summed E-state index contributed by atoms with van der Waals surface area (Å²) in [5, 5.41) is 6.69. The molecule has 0 bridgehead atoms. The Kier molecular flexibility index (Phi) is 12.7. The second-order valence-corrected chi connectivity index (χ2v) is 5.65. The van der Waals surface area contributed by atoms with E-state index in [1.165, 1.54) is 11.1 Å². The molecule has 0 aromatic heterocycles. The fraction of sp³-hybridized carbons (Fsp3) is 0.611. The van der Waals surface area contributed by atoms with Gasteiger partial charge in [0, 0.05) is 19.6 Å². The van der Waals surface area contributed by atoms with Crippen LogP contribution in [0, 0.1) is 6.92 Å². The van der Waals surface area contributed by atoms with Crippen molar-refractivity contribution in [2.24, 2.45) is 4.99 Å². The van der Waals surface area contributed by atoms with E-state index in [4.69, 9.17) is 4.74 Å². The number of hydrogen-bond donors (Lipinski definition) is 2. The van der Waals surface area contributed by atoms with Gasteiger partial charge in [-0.25, -0.2) is 0 Å². The van der Waals surface area contributed by atoms with Crippen molar-refractivity contribution in [1.82, 2.24) is 15.5 Å². The zero-order valence-electron chi connectivity index (χ0n) is 15.7. The Hall–Kier alpha value is -1.02. The summed E-state index contributed by atoms with van der Waals surface area (Å²) in [4.78, 5) is 6.87. The summed E-state index contributed by atoms with van der Waals surface area (Å²) >= 11 is 0. The first-order chi connectivity index (χ1) is 11.1. The van der Waals surface area contributed by atoms with Crippen LogP contribution in [-0.4, -0.2) is 57.7 Å². The molecule has 0 unspecified atom stereocenters. The van der Waals surface area contributed by atoms with Crippen LogP contribution in [0.1, 0.15) is 25.0 Å². The van der Waals surface area contributed by atoms with E-state index in [-0.39, 0.29) is 24.0 Å². The summed E-state index contributed by atoms with van der Waals surface area (Å²) in [6, 6.07) is 6.29. The van der Waals surface area contributed by atoms with Crippen molar-refractivity contribution >= 4 is 29.9 Å². The summed E-state index contributed by atoms with van der Waals surface area (Å²) in [5.74, 6) is 1.83. The molecular formula is C18H33IN4O. The third-order valence-corrected chi connectivity index (χ3v) is 3.76. The number of ether oxygens (including phenoxy) is 1. The second-order valence-electron chi connectivity index (χ2n) is 5.65. The highest BCUT2D eigenvalue weighted by molar-refractivity contribution is 14.0. The number of guanidine groups is 1.